The van der Waals surface area contributed by atoms with Gasteiger partial charge in [-0.3, -0.25) is 9.78 Å². The number of benzene rings is 2. The molecule has 0 radical (unpaired) electrons. The highest BCUT2D eigenvalue weighted by Gasteiger charge is 2.14. The van der Waals surface area contributed by atoms with Gasteiger partial charge in [-0.15, -0.1) is 0 Å². The van der Waals surface area contributed by atoms with Crippen LogP contribution in [0.1, 0.15) is 23.1 Å². The second kappa shape index (κ2) is 9.52. The number of nitrogens with zero attached hydrogens (tertiary/aromatic N) is 2. The normalized spacial score (nSPS) is 10.5. The third-order valence-electron chi connectivity index (χ3n) is 4.43. The van der Waals surface area contributed by atoms with Crippen molar-refractivity contribution in [3.63, 3.8) is 0 Å². The summed E-state index contributed by atoms with van der Waals surface area (Å²) in [6.45, 7) is 1.38. The topological polar surface area (TPSA) is 33.2 Å². The van der Waals surface area contributed by atoms with Gasteiger partial charge in [0.1, 0.15) is 0 Å². The van der Waals surface area contributed by atoms with Crippen molar-refractivity contribution in [3.05, 3.63) is 102 Å². The number of amides is 1. The highest BCUT2D eigenvalue weighted by molar-refractivity contribution is 5.76. The molecule has 0 aliphatic rings. The van der Waals surface area contributed by atoms with Crippen LogP contribution in [0.15, 0.2) is 85.2 Å². The summed E-state index contributed by atoms with van der Waals surface area (Å²) in [7, 11) is 0. The predicted molar refractivity (Wildman–Crippen MR) is 105 cm³/mol. The summed E-state index contributed by atoms with van der Waals surface area (Å²) in [5.74, 6) is 0.189. The first-order chi connectivity index (χ1) is 12.8. The van der Waals surface area contributed by atoms with Crippen molar-refractivity contribution in [1.82, 2.24) is 9.88 Å². The van der Waals surface area contributed by atoms with Crippen molar-refractivity contribution in [2.75, 3.05) is 6.54 Å². The van der Waals surface area contributed by atoms with Gasteiger partial charge in [-0.25, -0.2) is 0 Å². The Balaban J connectivity index is 1.63. The van der Waals surface area contributed by atoms with E-state index >= 15 is 0 Å². The summed E-state index contributed by atoms with van der Waals surface area (Å²) < 4.78 is 0. The molecule has 3 heteroatoms. The van der Waals surface area contributed by atoms with Crippen LogP contribution >= 0.6 is 0 Å². The Morgan fingerprint density at radius 2 is 1.42 bits per heavy atom. The van der Waals surface area contributed by atoms with E-state index in [4.69, 9.17) is 0 Å². The van der Waals surface area contributed by atoms with Gasteiger partial charge in [-0.1, -0.05) is 66.7 Å². The van der Waals surface area contributed by atoms with Crippen molar-refractivity contribution in [1.29, 1.82) is 0 Å². The molecule has 0 unspecified atom stereocenters. The summed E-state index contributed by atoms with van der Waals surface area (Å²) in [5, 5.41) is 0. The van der Waals surface area contributed by atoms with Crippen molar-refractivity contribution in [3.8, 4) is 0 Å². The van der Waals surface area contributed by atoms with Gasteiger partial charge in [0, 0.05) is 31.9 Å². The molecule has 0 fully saturated rings. The van der Waals surface area contributed by atoms with E-state index in [1.54, 1.807) is 6.20 Å². The van der Waals surface area contributed by atoms with Gasteiger partial charge >= 0.3 is 0 Å². The van der Waals surface area contributed by atoms with Crippen molar-refractivity contribution < 1.29 is 4.79 Å². The van der Waals surface area contributed by atoms with E-state index < -0.39 is 0 Å². The average molecular weight is 344 g/mol. The SMILES string of the molecule is O=C(CCc1cccnc1)N(CCc1ccccc1)Cc1ccccc1. The molecule has 0 aliphatic heterocycles. The van der Waals surface area contributed by atoms with Crippen molar-refractivity contribution in [2.24, 2.45) is 0 Å². The van der Waals surface area contributed by atoms with Crippen LogP contribution in [0, 0.1) is 0 Å². The highest BCUT2D eigenvalue weighted by atomic mass is 16.2. The van der Waals surface area contributed by atoms with E-state index in [1.807, 2.05) is 59.6 Å². The molecule has 0 aliphatic carbocycles. The van der Waals surface area contributed by atoms with E-state index in [0.29, 0.717) is 13.0 Å². The molecule has 1 aromatic heterocycles. The molecule has 1 amide bonds. The first-order valence-corrected chi connectivity index (χ1v) is 9.06. The molecule has 0 bridgehead atoms. The standard InChI is InChI=1S/C23H24N2O/c26-23(14-13-21-12-7-16-24-18-21)25(19-22-10-5-2-6-11-22)17-15-20-8-3-1-4-9-20/h1-12,16,18H,13-15,17,19H2. The van der Waals surface area contributed by atoms with Crippen molar-refractivity contribution in [2.45, 2.75) is 25.8 Å². The van der Waals surface area contributed by atoms with Gasteiger partial charge in [0.2, 0.25) is 5.91 Å². The number of hydrogen-bond donors (Lipinski definition) is 0. The lowest BCUT2D eigenvalue weighted by atomic mass is 10.1. The molecule has 0 atom stereocenters. The maximum Gasteiger partial charge on any atom is 0.223 e. The van der Waals surface area contributed by atoms with Gasteiger partial charge in [0.15, 0.2) is 0 Å². The Morgan fingerprint density at radius 1 is 0.769 bits per heavy atom. The van der Waals surface area contributed by atoms with Crippen LogP contribution in [0.5, 0.6) is 0 Å². The molecule has 0 spiro atoms. The zero-order valence-corrected chi connectivity index (χ0v) is 14.9. The van der Waals surface area contributed by atoms with Gasteiger partial charge in [-0.2, -0.15) is 0 Å². The monoisotopic (exact) mass is 344 g/mol. The predicted octanol–water partition coefficient (Wildman–Crippen LogP) is 4.29. The third kappa shape index (κ3) is 5.55. The van der Waals surface area contributed by atoms with Crippen LogP contribution < -0.4 is 0 Å². The van der Waals surface area contributed by atoms with E-state index in [2.05, 4.69) is 29.2 Å². The Hall–Kier alpha value is -2.94. The molecule has 3 rings (SSSR count). The van der Waals surface area contributed by atoms with Gasteiger partial charge in [0.05, 0.1) is 0 Å². The second-order valence-electron chi connectivity index (χ2n) is 6.40. The van der Waals surface area contributed by atoms with Crippen LogP contribution in [-0.2, 0) is 24.2 Å². The summed E-state index contributed by atoms with van der Waals surface area (Å²) >= 11 is 0. The van der Waals surface area contributed by atoms with E-state index in [-0.39, 0.29) is 5.91 Å². The lowest BCUT2D eigenvalue weighted by Gasteiger charge is -2.23. The number of pyridine rings is 1. The van der Waals surface area contributed by atoms with E-state index in [9.17, 15) is 4.79 Å². The number of rotatable bonds is 8. The van der Waals surface area contributed by atoms with E-state index in [1.165, 1.54) is 5.56 Å². The van der Waals surface area contributed by atoms with Crippen LogP contribution in [0.4, 0.5) is 0 Å². The van der Waals surface area contributed by atoms with Gasteiger partial charge in [0.25, 0.3) is 0 Å². The molecule has 1 heterocycles. The van der Waals surface area contributed by atoms with E-state index in [0.717, 1.165) is 30.5 Å². The second-order valence-corrected chi connectivity index (χ2v) is 6.40. The highest BCUT2D eigenvalue weighted by Crippen LogP contribution is 2.11. The Morgan fingerprint density at radius 3 is 2.08 bits per heavy atom. The summed E-state index contributed by atoms with van der Waals surface area (Å²) in [6.07, 6.45) is 5.69. The average Bonchev–Trinajstić information content (AvgIpc) is 2.71. The van der Waals surface area contributed by atoms with Crippen molar-refractivity contribution >= 4 is 5.91 Å². The summed E-state index contributed by atoms with van der Waals surface area (Å²) in [5.41, 5.74) is 3.52. The number of carbonyl (C=O) groups excluding carboxylic acids is 1. The molecule has 0 N–H and O–H groups in total. The lowest BCUT2D eigenvalue weighted by molar-refractivity contribution is -0.131. The van der Waals surface area contributed by atoms with Crippen LogP contribution in [0.3, 0.4) is 0 Å². The summed E-state index contributed by atoms with van der Waals surface area (Å²) in [6, 6.07) is 24.4. The minimum Gasteiger partial charge on any atom is -0.338 e. The van der Waals surface area contributed by atoms with Crippen LogP contribution in [0.25, 0.3) is 0 Å². The molecule has 0 saturated carbocycles. The Kier molecular flexibility index (Phi) is 6.54. The molecular weight excluding hydrogens is 320 g/mol. The van der Waals surface area contributed by atoms with Crippen LogP contribution in [-0.4, -0.2) is 22.3 Å². The zero-order chi connectivity index (χ0) is 18.0. The minimum absolute atomic E-state index is 0.189. The first kappa shape index (κ1) is 17.9. The maximum absolute atomic E-state index is 12.8. The third-order valence-corrected chi connectivity index (χ3v) is 4.43. The Bertz CT molecular complexity index is 788. The lowest BCUT2D eigenvalue weighted by Crippen LogP contribution is -2.32. The fourth-order valence-corrected chi connectivity index (χ4v) is 2.96. The Labute approximate surface area is 155 Å². The number of aromatic nitrogens is 1. The van der Waals surface area contributed by atoms with Crippen LogP contribution in [0.2, 0.25) is 0 Å². The zero-order valence-electron chi connectivity index (χ0n) is 14.9. The molecule has 2 aromatic carbocycles. The molecular formula is C23H24N2O. The molecule has 26 heavy (non-hydrogen) atoms. The maximum atomic E-state index is 12.8. The molecule has 3 aromatic rings. The molecule has 0 saturated heterocycles. The van der Waals surface area contributed by atoms with Gasteiger partial charge in [-0.05, 0) is 35.6 Å². The molecule has 132 valence electrons. The quantitative estimate of drug-likeness (QED) is 0.611. The molecule has 3 nitrogen and oxygen atoms in total. The van der Waals surface area contributed by atoms with Gasteiger partial charge < -0.3 is 4.90 Å². The fourth-order valence-electron chi connectivity index (χ4n) is 2.96. The number of carbonyl (C=O) groups is 1. The summed E-state index contributed by atoms with van der Waals surface area (Å²) in [4.78, 5) is 18.9. The number of hydrogen-bond acceptors (Lipinski definition) is 2. The minimum atomic E-state index is 0.189. The smallest absolute Gasteiger partial charge is 0.223 e. The largest absolute Gasteiger partial charge is 0.338 e. The fraction of sp³-hybridized carbons (Fsp3) is 0.217. The first-order valence-electron chi connectivity index (χ1n) is 9.06. The number of aryl methyl sites for hydroxylation is 1.